The fourth-order valence-corrected chi connectivity index (χ4v) is 6.42. The summed E-state index contributed by atoms with van der Waals surface area (Å²) in [5.74, 6) is 0. The van der Waals surface area contributed by atoms with Crippen LogP contribution in [0.5, 0.6) is 0 Å². The van der Waals surface area contributed by atoms with E-state index in [9.17, 15) is 0 Å². The highest BCUT2D eigenvalue weighted by Gasteiger charge is 2.14. The molecule has 2 heteroatoms. The molecule has 262 valence electrons. The fourth-order valence-electron chi connectivity index (χ4n) is 6.42. The normalized spacial score (nSPS) is 11.3. The zero-order chi connectivity index (χ0) is 37.7. The van der Waals surface area contributed by atoms with Crippen molar-refractivity contribution in [1.82, 2.24) is 4.98 Å². The minimum Gasteiger partial charge on any atom is -0.264 e. The van der Waals surface area contributed by atoms with E-state index in [4.69, 9.17) is 4.99 Å². The molecule has 0 saturated carbocycles. The second-order valence-corrected chi connectivity index (χ2v) is 12.6. The van der Waals surface area contributed by atoms with Gasteiger partial charge in [-0.25, -0.2) is 4.99 Å². The minimum absolute atomic E-state index is 0.696. The van der Waals surface area contributed by atoms with Gasteiger partial charge in [-0.05, 0) is 106 Å². The van der Waals surface area contributed by atoms with Gasteiger partial charge >= 0.3 is 0 Å². The van der Waals surface area contributed by atoms with E-state index in [2.05, 4.69) is 161 Å². The van der Waals surface area contributed by atoms with Crippen LogP contribution in [0, 0.1) is 0 Å². The molecule has 1 aromatic heterocycles. The Morgan fingerprint density at radius 1 is 0.698 bits per heavy atom. The Balaban J connectivity index is 0.00000266. The van der Waals surface area contributed by atoms with E-state index in [1.54, 1.807) is 6.08 Å². The van der Waals surface area contributed by atoms with Crippen molar-refractivity contribution in [1.29, 1.82) is 0 Å². The predicted molar refractivity (Wildman–Crippen MR) is 234 cm³/mol. The maximum Gasteiger partial charge on any atom is 0.0780 e. The summed E-state index contributed by atoms with van der Waals surface area (Å²) in [5.41, 5.74) is 14.9. The second kappa shape index (κ2) is 18.2. The lowest BCUT2D eigenvalue weighted by Gasteiger charge is -2.16. The SMILES string of the molecule is C=C/C=C\C(C(=NC(=C)c1ccc(-c2cc(-c3cccc(C=C)c3/C=C\C)cc(-c3cccc4cnccc34)c2)cc1)c1ccccc1)=C(C)C.CC. The van der Waals surface area contributed by atoms with E-state index >= 15 is 0 Å². The first-order valence-corrected chi connectivity index (χ1v) is 18.2. The summed E-state index contributed by atoms with van der Waals surface area (Å²) in [6.07, 6.45) is 15.8. The van der Waals surface area contributed by atoms with Crippen LogP contribution in [0.3, 0.4) is 0 Å². The van der Waals surface area contributed by atoms with Crippen LogP contribution < -0.4 is 0 Å². The lowest BCUT2D eigenvalue weighted by Crippen LogP contribution is -2.06. The van der Waals surface area contributed by atoms with E-state index in [1.807, 2.05) is 56.6 Å². The summed E-state index contributed by atoms with van der Waals surface area (Å²) in [7, 11) is 0. The first-order chi connectivity index (χ1) is 25.9. The molecular formula is C51H48N2. The Kier molecular flexibility index (Phi) is 13.0. The van der Waals surface area contributed by atoms with Gasteiger partial charge in [-0.3, -0.25) is 4.98 Å². The van der Waals surface area contributed by atoms with Crippen LogP contribution in [-0.2, 0) is 0 Å². The topological polar surface area (TPSA) is 25.2 Å². The van der Waals surface area contributed by atoms with Crippen LogP contribution in [0.1, 0.15) is 56.9 Å². The molecule has 0 amide bonds. The standard InChI is InChI=1S/C49H42N2.C2H6/c1-7-10-21-44(34(4)5)49(39-17-12-11-13-18-39)51-35(6)37-24-26-38(27-25-37)41-30-42(46-22-14-19-36(9-3)45(46)16-8-2)32-43(31-41)47-23-15-20-40-33-50-29-28-48(40)47;1-2/h7-33H,1,3,6H2,2,4-5H3;1-2H3/b16-8-,21-10-,51-49?;. The van der Waals surface area contributed by atoms with E-state index in [0.717, 1.165) is 72.3 Å². The van der Waals surface area contributed by atoms with Crippen LogP contribution in [0.25, 0.3) is 62.0 Å². The Labute approximate surface area is 316 Å². The van der Waals surface area contributed by atoms with Crippen molar-refractivity contribution >= 4 is 34.3 Å². The van der Waals surface area contributed by atoms with Gasteiger partial charge < -0.3 is 0 Å². The molecule has 2 nitrogen and oxygen atoms in total. The van der Waals surface area contributed by atoms with Crippen LogP contribution in [0.15, 0.2) is 188 Å². The van der Waals surface area contributed by atoms with Gasteiger partial charge in [0.05, 0.1) is 11.4 Å². The molecule has 0 N–H and O–H groups in total. The van der Waals surface area contributed by atoms with E-state index in [1.165, 1.54) is 10.9 Å². The summed E-state index contributed by atoms with van der Waals surface area (Å²) in [6, 6.07) is 40.6. The van der Waals surface area contributed by atoms with Crippen LogP contribution in [0.2, 0.25) is 0 Å². The minimum atomic E-state index is 0.696. The number of aromatic nitrogens is 1. The largest absolute Gasteiger partial charge is 0.264 e. The van der Waals surface area contributed by atoms with E-state index in [-0.39, 0.29) is 0 Å². The number of nitrogens with zero attached hydrogens (tertiary/aromatic N) is 2. The predicted octanol–water partition coefficient (Wildman–Crippen LogP) is 14.5. The molecule has 5 aromatic carbocycles. The van der Waals surface area contributed by atoms with Gasteiger partial charge in [-0.15, -0.1) is 0 Å². The molecule has 1 heterocycles. The molecule has 0 aliphatic carbocycles. The summed E-state index contributed by atoms with van der Waals surface area (Å²) in [6.45, 7) is 22.6. The highest BCUT2D eigenvalue weighted by atomic mass is 14.8. The molecular weight excluding hydrogens is 641 g/mol. The van der Waals surface area contributed by atoms with Crippen molar-refractivity contribution in [2.45, 2.75) is 34.6 Å². The Morgan fingerprint density at radius 3 is 2.06 bits per heavy atom. The van der Waals surface area contributed by atoms with E-state index in [0.29, 0.717) is 5.70 Å². The Bertz CT molecular complexity index is 2360. The highest BCUT2D eigenvalue weighted by Crippen LogP contribution is 2.38. The van der Waals surface area contributed by atoms with Crippen molar-refractivity contribution in [2.24, 2.45) is 4.99 Å². The maximum atomic E-state index is 5.13. The van der Waals surface area contributed by atoms with Gasteiger partial charge in [0.1, 0.15) is 0 Å². The van der Waals surface area contributed by atoms with Crippen molar-refractivity contribution in [2.75, 3.05) is 0 Å². The average molecular weight is 689 g/mol. The molecule has 6 rings (SSSR count). The summed E-state index contributed by atoms with van der Waals surface area (Å²) >= 11 is 0. The first-order valence-electron chi connectivity index (χ1n) is 18.2. The van der Waals surface area contributed by atoms with Crippen molar-refractivity contribution < 1.29 is 0 Å². The summed E-state index contributed by atoms with van der Waals surface area (Å²) < 4.78 is 0. The molecule has 0 atom stereocenters. The van der Waals surface area contributed by atoms with Crippen molar-refractivity contribution in [3.05, 3.63) is 205 Å². The van der Waals surface area contributed by atoms with Gasteiger partial charge in [0.25, 0.3) is 0 Å². The molecule has 0 fully saturated rings. The summed E-state index contributed by atoms with van der Waals surface area (Å²) in [4.78, 5) is 9.51. The third-order valence-corrected chi connectivity index (χ3v) is 8.97. The first kappa shape index (κ1) is 37.9. The van der Waals surface area contributed by atoms with Crippen LogP contribution in [-0.4, -0.2) is 10.7 Å². The number of allylic oxidation sites excluding steroid dienone is 6. The number of rotatable bonds is 11. The molecule has 0 saturated heterocycles. The van der Waals surface area contributed by atoms with Gasteiger partial charge in [0, 0.05) is 23.3 Å². The zero-order valence-corrected chi connectivity index (χ0v) is 31.6. The highest BCUT2D eigenvalue weighted by molar-refractivity contribution is 6.16. The van der Waals surface area contributed by atoms with Crippen LogP contribution >= 0.6 is 0 Å². The molecule has 0 aliphatic rings. The van der Waals surface area contributed by atoms with Gasteiger partial charge in [0.2, 0.25) is 0 Å². The third kappa shape index (κ3) is 8.75. The summed E-state index contributed by atoms with van der Waals surface area (Å²) in [5, 5.41) is 2.28. The zero-order valence-electron chi connectivity index (χ0n) is 31.6. The lowest BCUT2D eigenvalue weighted by molar-refractivity contribution is 1.35. The number of hydrogen-bond donors (Lipinski definition) is 0. The molecule has 6 aromatic rings. The van der Waals surface area contributed by atoms with Gasteiger partial charge in [0.15, 0.2) is 0 Å². The van der Waals surface area contributed by atoms with Gasteiger partial charge in [-0.1, -0.05) is 167 Å². The Morgan fingerprint density at radius 2 is 1.38 bits per heavy atom. The van der Waals surface area contributed by atoms with Crippen LogP contribution in [0.4, 0.5) is 0 Å². The number of pyridine rings is 1. The smallest absolute Gasteiger partial charge is 0.0780 e. The number of hydrogen-bond acceptors (Lipinski definition) is 2. The van der Waals surface area contributed by atoms with Crippen molar-refractivity contribution in [3.63, 3.8) is 0 Å². The average Bonchev–Trinajstić information content (AvgIpc) is 3.21. The quantitative estimate of drug-likeness (QED) is 0.0982. The molecule has 0 radical (unpaired) electrons. The number of aliphatic imine (C=N–C) groups is 1. The molecule has 0 spiro atoms. The lowest BCUT2D eigenvalue weighted by atomic mass is 9.88. The van der Waals surface area contributed by atoms with Crippen molar-refractivity contribution in [3.8, 4) is 33.4 Å². The van der Waals surface area contributed by atoms with Gasteiger partial charge in [-0.2, -0.15) is 0 Å². The van der Waals surface area contributed by atoms with E-state index < -0.39 is 0 Å². The third-order valence-electron chi connectivity index (χ3n) is 8.97. The monoisotopic (exact) mass is 688 g/mol. The molecule has 53 heavy (non-hydrogen) atoms. The Hall–Kier alpha value is -6.38. The fraction of sp³-hybridized carbons (Fsp3) is 0.0980. The molecule has 0 aliphatic heterocycles. The molecule has 0 bridgehead atoms. The molecule has 0 unspecified atom stereocenters. The maximum absolute atomic E-state index is 5.13. The second-order valence-electron chi connectivity index (χ2n) is 12.6. The number of fused-ring (bicyclic) bond motifs is 1. The number of benzene rings is 5.